The van der Waals surface area contributed by atoms with Crippen LogP contribution in [0.15, 0.2) is 24.3 Å². The van der Waals surface area contributed by atoms with Crippen molar-refractivity contribution >= 4 is 11.6 Å². The zero-order valence-corrected chi connectivity index (χ0v) is 13.1. The summed E-state index contributed by atoms with van der Waals surface area (Å²) in [6.07, 6.45) is 4.08. The van der Waals surface area contributed by atoms with Crippen LogP contribution in [0.5, 0.6) is 0 Å². The lowest BCUT2D eigenvalue weighted by molar-refractivity contribution is -0.121. The van der Waals surface area contributed by atoms with Crippen LogP contribution >= 0.6 is 0 Å². The number of rotatable bonds is 5. The molecule has 0 bridgehead atoms. The zero-order valence-electron chi connectivity index (χ0n) is 13.1. The molecule has 0 aromatic heterocycles. The Kier molecular flexibility index (Phi) is 5.76. The van der Waals surface area contributed by atoms with Crippen molar-refractivity contribution in [3.8, 4) is 0 Å². The number of benzene rings is 1. The second-order valence-corrected chi connectivity index (χ2v) is 6.34. The summed E-state index contributed by atoms with van der Waals surface area (Å²) < 4.78 is 0. The third-order valence-corrected chi connectivity index (χ3v) is 4.31. The number of carbonyl (C=O) groups is 1. The van der Waals surface area contributed by atoms with Gasteiger partial charge in [0.25, 0.3) is 0 Å². The van der Waals surface area contributed by atoms with Crippen LogP contribution < -0.4 is 11.1 Å². The van der Waals surface area contributed by atoms with Crippen molar-refractivity contribution in [2.75, 3.05) is 26.0 Å². The number of nitrogens with two attached hydrogens (primary N) is 1. The molecule has 0 radical (unpaired) electrons. The fraction of sp³-hybridized carbons (Fsp3) is 0.588. The van der Waals surface area contributed by atoms with Gasteiger partial charge in [0.15, 0.2) is 0 Å². The van der Waals surface area contributed by atoms with E-state index in [0.717, 1.165) is 50.0 Å². The zero-order chi connectivity index (χ0) is 15.2. The molecular formula is C17H27N3O. The third kappa shape index (κ3) is 4.55. The molecule has 1 aliphatic carbocycles. The summed E-state index contributed by atoms with van der Waals surface area (Å²) in [5, 5.41) is 3.12. The van der Waals surface area contributed by atoms with Crippen LogP contribution in [0.25, 0.3) is 0 Å². The highest BCUT2D eigenvalue weighted by atomic mass is 16.1. The average molecular weight is 289 g/mol. The topological polar surface area (TPSA) is 58.4 Å². The van der Waals surface area contributed by atoms with Gasteiger partial charge in [0, 0.05) is 18.2 Å². The largest absolute Gasteiger partial charge is 0.330 e. The molecule has 4 nitrogen and oxygen atoms in total. The van der Waals surface area contributed by atoms with Crippen LogP contribution in [0.4, 0.5) is 5.69 Å². The Morgan fingerprint density at radius 2 is 1.90 bits per heavy atom. The van der Waals surface area contributed by atoms with Gasteiger partial charge >= 0.3 is 0 Å². The van der Waals surface area contributed by atoms with Crippen LogP contribution in [-0.2, 0) is 11.3 Å². The van der Waals surface area contributed by atoms with Crippen molar-refractivity contribution in [1.29, 1.82) is 0 Å². The van der Waals surface area contributed by atoms with Crippen molar-refractivity contribution in [2.24, 2.45) is 17.6 Å². The summed E-state index contributed by atoms with van der Waals surface area (Å²) in [4.78, 5) is 14.6. The third-order valence-electron chi connectivity index (χ3n) is 4.31. The summed E-state index contributed by atoms with van der Waals surface area (Å²) in [7, 11) is 4.07. The fourth-order valence-corrected chi connectivity index (χ4v) is 3.02. The van der Waals surface area contributed by atoms with Gasteiger partial charge in [-0.2, -0.15) is 0 Å². The molecule has 1 amide bonds. The number of carbonyl (C=O) groups excluding carboxylic acids is 1. The van der Waals surface area contributed by atoms with Crippen molar-refractivity contribution in [3.63, 3.8) is 0 Å². The van der Waals surface area contributed by atoms with Crippen LogP contribution in [0, 0.1) is 11.8 Å². The average Bonchev–Trinajstić information content (AvgIpc) is 2.49. The van der Waals surface area contributed by atoms with E-state index in [2.05, 4.69) is 16.3 Å². The van der Waals surface area contributed by atoms with E-state index in [0.29, 0.717) is 5.92 Å². The molecule has 4 heteroatoms. The second kappa shape index (κ2) is 7.57. The van der Waals surface area contributed by atoms with Crippen molar-refractivity contribution < 1.29 is 4.79 Å². The Labute approximate surface area is 127 Å². The SMILES string of the molecule is CN(C)Cc1ccccc1NC(=O)C1CCC(CN)CC1. The minimum absolute atomic E-state index is 0.139. The predicted molar refractivity (Wildman–Crippen MR) is 87.0 cm³/mol. The van der Waals surface area contributed by atoms with Crippen LogP contribution in [0.1, 0.15) is 31.2 Å². The molecule has 0 heterocycles. The van der Waals surface area contributed by atoms with E-state index >= 15 is 0 Å². The molecule has 1 aromatic carbocycles. The van der Waals surface area contributed by atoms with Gasteiger partial charge in [-0.3, -0.25) is 4.79 Å². The Morgan fingerprint density at radius 1 is 1.24 bits per heavy atom. The van der Waals surface area contributed by atoms with Crippen molar-refractivity contribution in [3.05, 3.63) is 29.8 Å². The molecule has 1 aromatic rings. The molecule has 0 atom stereocenters. The molecule has 0 spiro atoms. The standard InChI is InChI=1S/C17H27N3O/c1-20(2)12-15-5-3-4-6-16(15)19-17(21)14-9-7-13(11-18)8-10-14/h3-6,13-14H,7-12,18H2,1-2H3,(H,19,21). The monoisotopic (exact) mass is 289 g/mol. The van der Waals surface area contributed by atoms with Gasteiger partial charge in [0.2, 0.25) is 5.91 Å². The summed E-state index contributed by atoms with van der Waals surface area (Å²) in [6.45, 7) is 1.58. The maximum absolute atomic E-state index is 12.4. The minimum atomic E-state index is 0.139. The highest BCUT2D eigenvalue weighted by Gasteiger charge is 2.25. The number of para-hydroxylation sites is 1. The molecule has 0 unspecified atom stereocenters. The van der Waals surface area contributed by atoms with Gasteiger partial charge in [-0.25, -0.2) is 0 Å². The normalized spacial score (nSPS) is 22.3. The first kappa shape index (κ1) is 16.0. The predicted octanol–water partition coefficient (Wildman–Crippen LogP) is 2.45. The van der Waals surface area contributed by atoms with Gasteiger partial charge in [0.05, 0.1) is 0 Å². The van der Waals surface area contributed by atoms with Gasteiger partial charge in [0.1, 0.15) is 0 Å². The maximum Gasteiger partial charge on any atom is 0.227 e. The molecule has 21 heavy (non-hydrogen) atoms. The van der Waals surface area contributed by atoms with E-state index in [4.69, 9.17) is 5.73 Å². The highest BCUT2D eigenvalue weighted by molar-refractivity contribution is 5.93. The Bertz CT molecular complexity index is 465. The minimum Gasteiger partial charge on any atom is -0.330 e. The molecule has 0 aliphatic heterocycles. The molecule has 116 valence electrons. The lowest BCUT2D eigenvalue weighted by atomic mass is 9.81. The van der Waals surface area contributed by atoms with E-state index in [-0.39, 0.29) is 11.8 Å². The molecular weight excluding hydrogens is 262 g/mol. The van der Waals surface area contributed by atoms with Gasteiger partial charge < -0.3 is 16.0 Å². The van der Waals surface area contributed by atoms with E-state index in [1.807, 2.05) is 32.3 Å². The first-order valence-electron chi connectivity index (χ1n) is 7.83. The Hall–Kier alpha value is -1.39. The van der Waals surface area contributed by atoms with Crippen molar-refractivity contribution in [2.45, 2.75) is 32.2 Å². The lowest BCUT2D eigenvalue weighted by Crippen LogP contribution is -2.29. The molecule has 1 aliphatic rings. The first-order chi connectivity index (χ1) is 10.1. The molecule has 3 N–H and O–H groups in total. The van der Waals surface area contributed by atoms with Crippen LogP contribution in [-0.4, -0.2) is 31.4 Å². The van der Waals surface area contributed by atoms with Crippen LogP contribution in [0.2, 0.25) is 0 Å². The van der Waals surface area contributed by atoms with E-state index in [9.17, 15) is 4.79 Å². The van der Waals surface area contributed by atoms with Gasteiger partial charge in [-0.1, -0.05) is 18.2 Å². The summed E-state index contributed by atoms with van der Waals surface area (Å²) >= 11 is 0. The molecule has 2 rings (SSSR count). The maximum atomic E-state index is 12.4. The number of anilines is 1. The molecule has 0 saturated heterocycles. The van der Waals surface area contributed by atoms with Gasteiger partial charge in [-0.15, -0.1) is 0 Å². The fourth-order valence-electron chi connectivity index (χ4n) is 3.02. The number of amides is 1. The smallest absolute Gasteiger partial charge is 0.227 e. The van der Waals surface area contributed by atoms with E-state index < -0.39 is 0 Å². The number of hydrogen-bond donors (Lipinski definition) is 2. The Morgan fingerprint density at radius 3 is 2.52 bits per heavy atom. The van der Waals surface area contributed by atoms with E-state index in [1.165, 1.54) is 0 Å². The summed E-state index contributed by atoms with van der Waals surface area (Å²) in [5.74, 6) is 0.909. The molecule has 1 saturated carbocycles. The van der Waals surface area contributed by atoms with E-state index in [1.54, 1.807) is 0 Å². The Balaban J connectivity index is 1.97. The first-order valence-corrected chi connectivity index (χ1v) is 7.83. The van der Waals surface area contributed by atoms with Crippen molar-refractivity contribution in [1.82, 2.24) is 4.90 Å². The molecule has 1 fully saturated rings. The second-order valence-electron chi connectivity index (χ2n) is 6.34. The summed E-state index contributed by atoms with van der Waals surface area (Å²) in [5.41, 5.74) is 7.81. The summed E-state index contributed by atoms with van der Waals surface area (Å²) in [6, 6.07) is 8.05. The van der Waals surface area contributed by atoms with Crippen LogP contribution in [0.3, 0.4) is 0 Å². The number of hydrogen-bond acceptors (Lipinski definition) is 3. The number of nitrogens with zero attached hydrogens (tertiary/aromatic N) is 1. The van der Waals surface area contributed by atoms with Gasteiger partial charge in [-0.05, 0) is 63.9 Å². The lowest BCUT2D eigenvalue weighted by Gasteiger charge is -2.27. The quantitative estimate of drug-likeness (QED) is 0.875. The highest BCUT2D eigenvalue weighted by Crippen LogP contribution is 2.29. The number of nitrogens with one attached hydrogen (secondary N) is 1.